The Morgan fingerprint density at radius 1 is 0.545 bits per heavy atom. The van der Waals surface area contributed by atoms with Crippen molar-refractivity contribution in [2.45, 2.75) is 42.9 Å². The average molecular weight is 750 g/mol. The SMILES string of the molecule is O=C(OC[C@H]1O[C@H](OC2Nc3ccccc3C2(F)F)[C@@H](OC(=O)c2ccccc2)[C@@H](OC(=O)c2ccccc2)[C@@H]1OC(=O)c1ccccc1)c1ccccc1. The van der Waals surface area contributed by atoms with Gasteiger partial charge in [0.2, 0.25) is 6.29 Å². The summed E-state index contributed by atoms with van der Waals surface area (Å²) in [6.45, 7) is -0.645. The smallest absolute Gasteiger partial charge is 0.338 e. The van der Waals surface area contributed by atoms with Gasteiger partial charge >= 0.3 is 29.8 Å². The molecule has 0 spiro atoms. The van der Waals surface area contributed by atoms with Gasteiger partial charge in [-0.25, -0.2) is 19.2 Å². The maximum atomic E-state index is 15.9. The van der Waals surface area contributed by atoms with Crippen LogP contribution in [0.4, 0.5) is 14.5 Å². The first-order valence-electron chi connectivity index (χ1n) is 17.2. The topological polar surface area (TPSA) is 136 Å². The Morgan fingerprint density at radius 3 is 1.45 bits per heavy atom. The second kappa shape index (κ2) is 16.3. The van der Waals surface area contributed by atoms with E-state index in [1.807, 2.05) is 0 Å². The number of alkyl halides is 2. The number of nitrogens with one attached hydrogen (secondary N) is 1. The Hall–Kier alpha value is -6.44. The molecule has 0 aliphatic carbocycles. The summed E-state index contributed by atoms with van der Waals surface area (Å²) in [6, 6.07) is 37.0. The molecule has 5 aromatic rings. The Balaban J connectivity index is 1.30. The molecule has 1 fully saturated rings. The van der Waals surface area contributed by atoms with E-state index in [2.05, 4.69) is 5.32 Å². The summed E-state index contributed by atoms with van der Waals surface area (Å²) in [4.78, 5) is 54.3. The molecule has 0 saturated carbocycles. The lowest BCUT2D eigenvalue weighted by molar-refractivity contribution is -0.321. The van der Waals surface area contributed by atoms with Crippen LogP contribution in [0, 0.1) is 0 Å². The van der Waals surface area contributed by atoms with E-state index in [0.29, 0.717) is 0 Å². The fourth-order valence-electron chi connectivity index (χ4n) is 6.16. The number of anilines is 1. The first-order chi connectivity index (χ1) is 26.7. The van der Waals surface area contributed by atoms with E-state index >= 15 is 8.78 Å². The van der Waals surface area contributed by atoms with E-state index in [-0.39, 0.29) is 33.5 Å². The predicted octanol–water partition coefficient (Wildman–Crippen LogP) is 6.81. The van der Waals surface area contributed by atoms with Crippen molar-refractivity contribution in [1.29, 1.82) is 0 Å². The van der Waals surface area contributed by atoms with E-state index in [1.54, 1.807) is 78.9 Å². The summed E-state index contributed by atoms with van der Waals surface area (Å²) >= 11 is 0. The summed E-state index contributed by atoms with van der Waals surface area (Å²) in [5.41, 5.74) is 0.129. The van der Waals surface area contributed by atoms with Crippen molar-refractivity contribution in [1.82, 2.24) is 0 Å². The van der Waals surface area contributed by atoms with Gasteiger partial charge in [0.25, 0.3) is 0 Å². The molecule has 280 valence electrons. The van der Waals surface area contributed by atoms with Crippen molar-refractivity contribution in [3.63, 3.8) is 0 Å². The molecule has 7 rings (SSSR count). The number of hydrogen-bond acceptors (Lipinski definition) is 11. The van der Waals surface area contributed by atoms with Gasteiger partial charge in [-0.05, 0) is 54.6 Å². The molecule has 5 aromatic carbocycles. The molecule has 2 aliphatic heterocycles. The molecule has 2 heterocycles. The summed E-state index contributed by atoms with van der Waals surface area (Å²) < 4.78 is 67.5. The molecule has 0 bridgehead atoms. The molecule has 1 saturated heterocycles. The summed E-state index contributed by atoms with van der Waals surface area (Å²) in [7, 11) is 0. The van der Waals surface area contributed by atoms with Crippen LogP contribution in [-0.2, 0) is 34.3 Å². The molecule has 13 heteroatoms. The zero-order valence-corrected chi connectivity index (χ0v) is 28.9. The van der Waals surface area contributed by atoms with Gasteiger partial charge < -0.3 is 33.7 Å². The zero-order chi connectivity index (χ0) is 38.4. The highest BCUT2D eigenvalue weighted by molar-refractivity contribution is 5.91. The Labute approximate surface area is 313 Å². The standard InChI is InChI=1S/C42H33F2NO10/c43-42(44)30-23-13-14-24-31(30)45-41(42)55-40-35(54-39(49)29-21-11-4-12-22-29)34(53-38(48)28-19-9-3-10-20-28)33(52-37(47)27-17-7-2-8-18-27)32(51-40)25-50-36(46)26-15-5-1-6-16-26/h1-24,32-35,40-41,45H,25H2/t32-,33-,34+,35+,40-,41?/m1/s1. The molecule has 1 N–H and O–H groups in total. The summed E-state index contributed by atoms with van der Waals surface area (Å²) in [5.74, 6) is -7.22. The van der Waals surface area contributed by atoms with E-state index < -0.39 is 73.3 Å². The number of ether oxygens (including phenoxy) is 6. The van der Waals surface area contributed by atoms with Gasteiger partial charge in [0.05, 0.1) is 22.3 Å². The number of fused-ring (bicyclic) bond motifs is 1. The van der Waals surface area contributed by atoms with Gasteiger partial charge in [-0.2, -0.15) is 8.78 Å². The molecule has 0 amide bonds. The van der Waals surface area contributed by atoms with Crippen molar-refractivity contribution in [2.75, 3.05) is 11.9 Å². The number of esters is 4. The molecular formula is C42H33F2NO10. The maximum absolute atomic E-state index is 15.9. The Kier molecular flexibility index (Phi) is 10.9. The average Bonchev–Trinajstić information content (AvgIpc) is 3.48. The van der Waals surface area contributed by atoms with Crippen LogP contribution >= 0.6 is 0 Å². The van der Waals surface area contributed by atoms with Crippen LogP contribution in [0.3, 0.4) is 0 Å². The molecule has 11 nitrogen and oxygen atoms in total. The third-order valence-electron chi connectivity index (χ3n) is 8.91. The zero-order valence-electron chi connectivity index (χ0n) is 28.9. The first kappa shape index (κ1) is 36.9. The van der Waals surface area contributed by atoms with Crippen LogP contribution in [0.2, 0.25) is 0 Å². The van der Waals surface area contributed by atoms with Gasteiger partial charge in [-0.3, -0.25) is 0 Å². The number of rotatable bonds is 11. The molecule has 6 atom stereocenters. The summed E-state index contributed by atoms with van der Waals surface area (Å²) in [6.07, 6.45) is -10.8. The van der Waals surface area contributed by atoms with Gasteiger partial charge in [0.1, 0.15) is 12.7 Å². The van der Waals surface area contributed by atoms with Crippen LogP contribution in [0.15, 0.2) is 146 Å². The fraction of sp³-hybridized carbons (Fsp3) is 0.190. The quantitative estimate of drug-likeness (QED) is 0.113. The minimum atomic E-state index is -3.63. The van der Waals surface area contributed by atoms with Crippen LogP contribution < -0.4 is 5.32 Å². The van der Waals surface area contributed by atoms with Crippen molar-refractivity contribution in [2.24, 2.45) is 0 Å². The fourth-order valence-corrected chi connectivity index (χ4v) is 6.16. The number of para-hydroxylation sites is 1. The molecule has 55 heavy (non-hydrogen) atoms. The van der Waals surface area contributed by atoms with Crippen molar-refractivity contribution < 1.29 is 56.4 Å². The van der Waals surface area contributed by atoms with E-state index in [9.17, 15) is 19.2 Å². The molecule has 0 aromatic heterocycles. The monoisotopic (exact) mass is 749 g/mol. The Morgan fingerprint density at radius 2 is 0.964 bits per heavy atom. The highest BCUT2D eigenvalue weighted by Gasteiger charge is 2.57. The van der Waals surface area contributed by atoms with Crippen LogP contribution in [-0.4, -0.2) is 67.4 Å². The number of halogens is 2. The van der Waals surface area contributed by atoms with Crippen LogP contribution in [0.1, 0.15) is 47.0 Å². The van der Waals surface area contributed by atoms with E-state index in [4.69, 9.17) is 28.4 Å². The normalized spacial score (nSPS) is 22.3. The maximum Gasteiger partial charge on any atom is 0.338 e. The lowest BCUT2D eigenvalue weighted by Gasteiger charge is -2.45. The van der Waals surface area contributed by atoms with Gasteiger partial charge in [0, 0.05) is 11.3 Å². The van der Waals surface area contributed by atoms with Crippen LogP contribution in [0.25, 0.3) is 0 Å². The number of benzene rings is 5. The largest absolute Gasteiger partial charge is 0.459 e. The number of carbonyl (C=O) groups is 4. The lowest BCUT2D eigenvalue weighted by Crippen LogP contribution is -2.64. The van der Waals surface area contributed by atoms with Crippen molar-refractivity contribution >= 4 is 29.6 Å². The minimum Gasteiger partial charge on any atom is -0.459 e. The highest BCUT2D eigenvalue weighted by atomic mass is 19.3. The third-order valence-corrected chi connectivity index (χ3v) is 8.91. The van der Waals surface area contributed by atoms with E-state index in [0.717, 1.165) is 0 Å². The second-order valence-corrected chi connectivity index (χ2v) is 12.5. The molecule has 1 unspecified atom stereocenters. The molecule has 0 radical (unpaired) electrons. The molecule has 2 aliphatic rings. The van der Waals surface area contributed by atoms with Gasteiger partial charge in [-0.1, -0.05) is 91.0 Å². The van der Waals surface area contributed by atoms with E-state index in [1.165, 1.54) is 66.7 Å². The molecular weight excluding hydrogens is 716 g/mol. The minimum absolute atomic E-state index is 0.0582. The number of hydrogen-bond donors (Lipinski definition) is 1. The first-order valence-corrected chi connectivity index (χ1v) is 17.2. The van der Waals surface area contributed by atoms with Crippen molar-refractivity contribution in [3.8, 4) is 0 Å². The highest BCUT2D eigenvalue weighted by Crippen LogP contribution is 2.45. The van der Waals surface area contributed by atoms with Gasteiger partial charge in [-0.15, -0.1) is 0 Å². The second-order valence-electron chi connectivity index (χ2n) is 12.5. The lowest BCUT2D eigenvalue weighted by atomic mass is 9.97. The Bertz CT molecular complexity index is 2120. The third kappa shape index (κ3) is 8.22. The summed E-state index contributed by atoms with van der Waals surface area (Å²) in [5, 5.41) is 2.64. The van der Waals surface area contributed by atoms with Gasteiger partial charge in [0.15, 0.2) is 24.5 Å². The number of carbonyl (C=O) groups excluding carboxylic acids is 4. The van der Waals surface area contributed by atoms with Crippen molar-refractivity contribution in [3.05, 3.63) is 173 Å². The predicted molar refractivity (Wildman–Crippen MR) is 191 cm³/mol. The van der Waals surface area contributed by atoms with Crippen LogP contribution in [0.5, 0.6) is 0 Å².